The molecule has 3 rings (SSSR count). The van der Waals surface area contributed by atoms with E-state index in [0.717, 1.165) is 31.7 Å². The predicted octanol–water partition coefficient (Wildman–Crippen LogP) is 3.76. The van der Waals surface area contributed by atoms with E-state index in [-0.39, 0.29) is 47.3 Å². The number of ether oxygens (including phenoxy) is 1. The molecule has 1 saturated carbocycles. The molecule has 1 atom stereocenters. The fourth-order valence-electron chi connectivity index (χ4n) is 2.99. The van der Waals surface area contributed by atoms with Gasteiger partial charge in [-0.15, -0.1) is 12.4 Å². The van der Waals surface area contributed by atoms with Gasteiger partial charge in [0.25, 0.3) is 0 Å². The third kappa shape index (κ3) is 4.20. The van der Waals surface area contributed by atoms with Gasteiger partial charge >= 0.3 is 5.97 Å². The Bertz CT molecular complexity index is 928. The second-order valence-electron chi connectivity index (χ2n) is 6.57. The van der Waals surface area contributed by atoms with Crippen LogP contribution in [0, 0.1) is 5.82 Å². The molecule has 9 heteroatoms. The van der Waals surface area contributed by atoms with Crippen LogP contribution in [0.2, 0.25) is 5.02 Å². The third-order valence-corrected chi connectivity index (χ3v) is 4.79. The summed E-state index contributed by atoms with van der Waals surface area (Å²) in [5.74, 6) is -2.33. The van der Waals surface area contributed by atoms with E-state index in [0.29, 0.717) is 5.52 Å². The number of hydrogen-bond acceptors (Lipinski definition) is 4. The van der Waals surface area contributed by atoms with Crippen LogP contribution in [0.5, 0.6) is 5.75 Å². The molecule has 1 unspecified atom stereocenters. The SMILES string of the molecule is CCCC(N)COc1c(F)cc2c(=O)c(C(=O)O)cn(C3CC3)c2c1Cl.Cl. The molecule has 2 aromatic rings. The maximum Gasteiger partial charge on any atom is 0.341 e. The summed E-state index contributed by atoms with van der Waals surface area (Å²) in [5.41, 5.74) is 5.03. The van der Waals surface area contributed by atoms with Crippen molar-refractivity contribution >= 4 is 40.9 Å². The van der Waals surface area contributed by atoms with E-state index in [4.69, 9.17) is 22.1 Å². The summed E-state index contributed by atoms with van der Waals surface area (Å²) in [4.78, 5) is 23.8. The highest BCUT2D eigenvalue weighted by atomic mass is 35.5. The van der Waals surface area contributed by atoms with Crippen molar-refractivity contribution in [2.75, 3.05) is 6.61 Å². The highest BCUT2D eigenvalue weighted by molar-refractivity contribution is 6.36. The van der Waals surface area contributed by atoms with Crippen molar-refractivity contribution in [3.8, 4) is 5.75 Å². The van der Waals surface area contributed by atoms with Crippen molar-refractivity contribution in [2.24, 2.45) is 5.73 Å². The van der Waals surface area contributed by atoms with Crippen molar-refractivity contribution in [3.05, 3.63) is 38.9 Å². The van der Waals surface area contributed by atoms with E-state index in [9.17, 15) is 19.1 Å². The minimum absolute atomic E-state index is 0. The predicted molar refractivity (Wildman–Crippen MR) is 104 cm³/mol. The Balaban J connectivity index is 0.00000261. The van der Waals surface area contributed by atoms with Gasteiger partial charge in [-0.3, -0.25) is 4.79 Å². The molecule has 6 nitrogen and oxygen atoms in total. The number of nitrogens with zero attached hydrogens (tertiary/aromatic N) is 1. The average molecular weight is 419 g/mol. The number of fused-ring (bicyclic) bond motifs is 1. The quantitative estimate of drug-likeness (QED) is 0.713. The first-order chi connectivity index (χ1) is 12.3. The Morgan fingerprint density at radius 1 is 1.52 bits per heavy atom. The number of rotatable bonds is 7. The molecule has 1 aromatic heterocycles. The zero-order chi connectivity index (χ0) is 19.0. The summed E-state index contributed by atoms with van der Waals surface area (Å²) in [7, 11) is 0. The van der Waals surface area contributed by atoms with E-state index in [1.54, 1.807) is 4.57 Å². The highest BCUT2D eigenvalue weighted by Crippen LogP contribution is 2.41. The molecule has 1 aliphatic rings. The van der Waals surface area contributed by atoms with E-state index < -0.39 is 22.8 Å². The fraction of sp³-hybridized carbons (Fsp3) is 0.444. The maximum absolute atomic E-state index is 14.5. The van der Waals surface area contributed by atoms with Crippen LogP contribution in [0.3, 0.4) is 0 Å². The number of nitrogens with two attached hydrogens (primary N) is 1. The third-order valence-electron chi connectivity index (χ3n) is 4.44. The number of carbonyl (C=O) groups is 1. The molecule has 0 saturated heterocycles. The van der Waals surface area contributed by atoms with Gasteiger partial charge in [-0.25, -0.2) is 9.18 Å². The topological polar surface area (TPSA) is 94.6 Å². The molecule has 1 fully saturated rings. The zero-order valence-corrected chi connectivity index (χ0v) is 16.3. The summed E-state index contributed by atoms with van der Waals surface area (Å²) in [6.07, 6.45) is 4.55. The lowest BCUT2D eigenvalue weighted by molar-refractivity contribution is 0.0695. The Kier molecular flexibility index (Phi) is 6.72. The minimum Gasteiger partial charge on any atom is -0.487 e. The Morgan fingerprint density at radius 2 is 2.19 bits per heavy atom. The minimum atomic E-state index is -1.35. The van der Waals surface area contributed by atoms with Gasteiger partial charge in [-0.2, -0.15) is 0 Å². The normalized spacial score (nSPS) is 14.7. The van der Waals surface area contributed by atoms with Crippen molar-refractivity contribution in [1.29, 1.82) is 0 Å². The summed E-state index contributed by atoms with van der Waals surface area (Å²) < 4.78 is 21.7. The van der Waals surface area contributed by atoms with Crippen molar-refractivity contribution in [3.63, 3.8) is 0 Å². The van der Waals surface area contributed by atoms with Crippen LogP contribution in [-0.4, -0.2) is 28.3 Å². The lowest BCUT2D eigenvalue weighted by Gasteiger charge is -2.18. The number of aromatic nitrogens is 1. The molecule has 0 aliphatic heterocycles. The van der Waals surface area contributed by atoms with Crippen LogP contribution in [-0.2, 0) is 0 Å². The average Bonchev–Trinajstić information content (AvgIpc) is 3.40. The number of pyridine rings is 1. The first-order valence-electron chi connectivity index (χ1n) is 8.53. The van der Waals surface area contributed by atoms with Crippen molar-refractivity contribution in [1.82, 2.24) is 4.57 Å². The Morgan fingerprint density at radius 3 is 2.74 bits per heavy atom. The van der Waals surface area contributed by atoms with Gasteiger partial charge in [0.05, 0.1) is 10.9 Å². The summed E-state index contributed by atoms with van der Waals surface area (Å²) in [5, 5.41) is 9.16. The second-order valence-corrected chi connectivity index (χ2v) is 6.95. The van der Waals surface area contributed by atoms with Gasteiger partial charge in [0.2, 0.25) is 5.43 Å². The lowest BCUT2D eigenvalue weighted by atomic mass is 10.1. The van der Waals surface area contributed by atoms with Gasteiger partial charge in [0.15, 0.2) is 11.6 Å². The molecule has 1 heterocycles. The largest absolute Gasteiger partial charge is 0.487 e. The monoisotopic (exact) mass is 418 g/mol. The Hall–Kier alpha value is -1.83. The molecule has 0 radical (unpaired) electrons. The number of carboxylic acids is 1. The van der Waals surface area contributed by atoms with Crippen molar-refractivity contribution in [2.45, 2.75) is 44.7 Å². The summed E-state index contributed by atoms with van der Waals surface area (Å²) in [6.45, 7) is 2.08. The van der Waals surface area contributed by atoms with Gasteiger partial charge in [0, 0.05) is 18.3 Å². The Labute approximate surface area is 166 Å². The molecule has 0 bridgehead atoms. The highest BCUT2D eigenvalue weighted by Gasteiger charge is 2.29. The summed E-state index contributed by atoms with van der Waals surface area (Å²) >= 11 is 6.38. The van der Waals surface area contributed by atoms with Gasteiger partial charge < -0.3 is 20.1 Å². The van der Waals surface area contributed by atoms with E-state index in [2.05, 4.69) is 0 Å². The molecule has 27 heavy (non-hydrogen) atoms. The number of hydrogen-bond donors (Lipinski definition) is 2. The number of halogens is 3. The molecule has 1 aromatic carbocycles. The molecule has 0 spiro atoms. The van der Waals surface area contributed by atoms with E-state index in [1.807, 2.05) is 6.92 Å². The molecular weight excluding hydrogens is 398 g/mol. The first-order valence-corrected chi connectivity index (χ1v) is 8.91. The molecule has 3 N–H and O–H groups in total. The van der Waals surface area contributed by atoms with Crippen LogP contribution in [0.25, 0.3) is 10.9 Å². The van der Waals surface area contributed by atoms with Gasteiger partial charge in [-0.05, 0) is 25.3 Å². The second kappa shape index (κ2) is 8.46. The number of carboxylic acid groups (broad SMARTS) is 1. The summed E-state index contributed by atoms with van der Waals surface area (Å²) in [6, 6.07) is 0.774. The van der Waals surface area contributed by atoms with Crippen LogP contribution in [0.1, 0.15) is 49.0 Å². The molecule has 148 valence electrons. The van der Waals surface area contributed by atoms with Gasteiger partial charge in [0.1, 0.15) is 17.2 Å². The number of aromatic carboxylic acids is 1. The smallest absolute Gasteiger partial charge is 0.341 e. The zero-order valence-electron chi connectivity index (χ0n) is 14.7. The van der Waals surface area contributed by atoms with Crippen LogP contribution in [0.4, 0.5) is 4.39 Å². The van der Waals surface area contributed by atoms with Gasteiger partial charge in [-0.1, -0.05) is 24.9 Å². The molecule has 1 aliphatic carbocycles. The van der Waals surface area contributed by atoms with Crippen LogP contribution in [0.15, 0.2) is 17.1 Å². The van der Waals surface area contributed by atoms with E-state index in [1.165, 1.54) is 6.20 Å². The fourth-order valence-corrected chi connectivity index (χ4v) is 3.34. The lowest BCUT2D eigenvalue weighted by Crippen LogP contribution is -2.28. The number of benzene rings is 1. The first kappa shape index (κ1) is 21.5. The van der Waals surface area contributed by atoms with E-state index >= 15 is 0 Å². The molecule has 0 amide bonds. The standard InChI is InChI=1S/C18H20ClFN2O4.ClH/c1-2-3-9(21)8-26-17-13(20)6-11-15(14(17)19)22(10-4-5-10)7-12(16(11)23)18(24)25;/h6-7,9-10H,2-5,8,21H2,1H3,(H,24,25);1H. The maximum atomic E-state index is 14.5. The van der Waals surface area contributed by atoms with Crippen LogP contribution < -0.4 is 15.9 Å². The van der Waals surface area contributed by atoms with Crippen molar-refractivity contribution < 1.29 is 19.0 Å². The van der Waals surface area contributed by atoms with Crippen LogP contribution >= 0.6 is 24.0 Å². The molecular formula is C18H21Cl2FN2O4.